The second-order valence-electron chi connectivity index (χ2n) is 7.48. The summed E-state index contributed by atoms with van der Waals surface area (Å²) in [7, 11) is 0. The lowest BCUT2D eigenvalue weighted by Crippen LogP contribution is -2.19. The van der Waals surface area contributed by atoms with Crippen LogP contribution in [0.5, 0.6) is 0 Å². The third-order valence-electron chi connectivity index (χ3n) is 5.38. The number of hydrazone groups is 2. The van der Waals surface area contributed by atoms with E-state index in [-0.39, 0.29) is 5.91 Å². The summed E-state index contributed by atoms with van der Waals surface area (Å²) in [6, 6.07) is 7.34. The van der Waals surface area contributed by atoms with E-state index >= 15 is 0 Å². The lowest BCUT2D eigenvalue weighted by Gasteiger charge is -2.16. The zero-order chi connectivity index (χ0) is 18.0. The van der Waals surface area contributed by atoms with Crippen LogP contribution in [-0.4, -0.2) is 18.3 Å². The summed E-state index contributed by atoms with van der Waals surface area (Å²) in [5.74, 6) is 0.940. The van der Waals surface area contributed by atoms with Crippen LogP contribution < -0.4 is 10.9 Å². The molecule has 2 aliphatic rings. The van der Waals surface area contributed by atoms with Crippen molar-refractivity contribution >= 4 is 24.0 Å². The molecule has 0 aromatic heterocycles. The lowest BCUT2D eigenvalue weighted by molar-refractivity contribution is 0.0955. The lowest BCUT2D eigenvalue weighted by atomic mass is 9.90. The maximum Gasteiger partial charge on any atom is 0.271 e. The number of amides is 1. The van der Waals surface area contributed by atoms with Crippen molar-refractivity contribution in [1.82, 2.24) is 5.43 Å². The maximum absolute atomic E-state index is 12.1. The Hall–Kier alpha value is -2.17. The highest BCUT2D eigenvalue weighted by Gasteiger charge is 2.12. The highest BCUT2D eigenvalue weighted by atomic mass is 16.2. The number of hydrogen-bond donors (Lipinski definition) is 2. The van der Waals surface area contributed by atoms with E-state index in [4.69, 9.17) is 0 Å². The fourth-order valence-corrected chi connectivity index (χ4v) is 3.75. The molecule has 0 bridgehead atoms. The highest BCUT2D eigenvalue weighted by molar-refractivity contribution is 5.94. The Labute approximate surface area is 156 Å². The van der Waals surface area contributed by atoms with Crippen molar-refractivity contribution in [2.75, 3.05) is 5.43 Å². The predicted molar refractivity (Wildman–Crippen MR) is 108 cm³/mol. The SMILES string of the molecule is O=C(N/N=C/C1CCCCC1)c1ccc(N/N=C/C2CCCCC2)cc1. The molecule has 0 unspecified atom stereocenters. The van der Waals surface area contributed by atoms with Crippen LogP contribution in [0.2, 0.25) is 0 Å². The van der Waals surface area contributed by atoms with Crippen LogP contribution in [0.4, 0.5) is 5.69 Å². The summed E-state index contributed by atoms with van der Waals surface area (Å²) in [5, 5.41) is 8.47. The fourth-order valence-electron chi connectivity index (χ4n) is 3.75. The average Bonchev–Trinajstić information content (AvgIpc) is 2.70. The van der Waals surface area contributed by atoms with Gasteiger partial charge in [0.1, 0.15) is 0 Å². The summed E-state index contributed by atoms with van der Waals surface area (Å²) in [4.78, 5) is 12.1. The van der Waals surface area contributed by atoms with Gasteiger partial charge in [0.2, 0.25) is 0 Å². The Bertz CT molecular complexity index is 611. The Morgan fingerprint density at radius 3 is 1.92 bits per heavy atom. The van der Waals surface area contributed by atoms with Gasteiger partial charge in [0, 0.05) is 18.0 Å². The summed E-state index contributed by atoms with van der Waals surface area (Å²) in [6.45, 7) is 0. The number of benzene rings is 1. The number of nitrogens with zero attached hydrogens (tertiary/aromatic N) is 2. The Balaban J connectivity index is 1.43. The molecule has 0 saturated heterocycles. The molecule has 140 valence electrons. The van der Waals surface area contributed by atoms with E-state index < -0.39 is 0 Å². The van der Waals surface area contributed by atoms with Gasteiger partial charge in [-0.2, -0.15) is 10.2 Å². The molecule has 2 N–H and O–H groups in total. The molecule has 0 heterocycles. The second kappa shape index (κ2) is 10.1. The van der Waals surface area contributed by atoms with Crippen LogP contribution in [0.1, 0.15) is 74.6 Å². The first kappa shape index (κ1) is 18.6. The van der Waals surface area contributed by atoms with Crippen molar-refractivity contribution in [3.05, 3.63) is 29.8 Å². The molecule has 5 heteroatoms. The topological polar surface area (TPSA) is 65.8 Å². The van der Waals surface area contributed by atoms with Gasteiger partial charge in [-0.1, -0.05) is 38.5 Å². The molecule has 5 nitrogen and oxygen atoms in total. The van der Waals surface area contributed by atoms with Crippen molar-refractivity contribution in [3.8, 4) is 0 Å². The third kappa shape index (κ3) is 5.97. The molecule has 1 aromatic rings. The third-order valence-corrected chi connectivity index (χ3v) is 5.38. The molecule has 0 spiro atoms. The van der Waals surface area contributed by atoms with Crippen LogP contribution in [0.25, 0.3) is 0 Å². The van der Waals surface area contributed by atoms with Crippen molar-refractivity contribution < 1.29 is 4.79 Å². The van der Waals surface area contributed by atoms with E-state index in [9.17, 15) is 4.79 Å². The Morgan fingerprint density at radius 2 is 1.35 bits per heavy atom. The molecule has 2 saturated carbocycles. The van der Waals surface area contributed by atoms with E-state index in [0.717, 1.165) is 5.69 Å². The maximum atomic E-state index is 12.1. The Morgan fingerprint density at radius 1 is 0.808 bits per heavy atom. The number of carbonyl (C=O) groups excluding carboxylic acids is 1. The highest BCUT2D eigenvalue weighted by Crippen LogP contribution is 2.22. The molecule has 1 aromatic carbocycles. The number of hydrogen-bond acceptors (Lipinski definition) is 4. The predicted octanol–water partition coefficient (Wildman–Crippen LogP) is 4.96. The minimum absolute atomic E-state index is 0.172. The van der Waals surface area contributed by atoms with Gasteiger partial charge in [-0.05, 0) is 61.8 Å². The van der Waals surface area contributed by atoms with Gasteiger partial charge in [0.25, 0.3) is 5.91 Å². The van der Waals surface area contributed by atoms with Gasteiger partial charge in [-0.3, -0.25) is 10.2 Å². The Kier molecular flexibility index (Phi) is 7.23. The normalized spacial score (nSPS) is 19.8. The first-order valence-electron chi connectivity index (χ1n) is 10.0. The zero-order valence-electron chi connectivity index (χ0n) is 15.5. The molecule has 0 atom stereocenters. The summed E-state index contributed by atoms with van der Waals surface area (Å²) in [6.07, 6.45) is 16.6. The standard InChI is InChI=1S/C21H30N4O/c26-21(25-23-16-18-9-5-2-6-10-18)19-11-13-20(14-12-19)24-22-15-17-7-3-1-4-8-17/h11-18,24H,1-10H2,(H,25,26)/b22-15+,23-16+. The molecule has 0 radical (unpaired) electrons. The van der Waals surface area contributed by atoms with Crippen LogP contribution in [-0.2, 0) is 0 Å². The molecular weight excluding hydrogens is 324 g/mol. The largest absolute Gasteiger partial charge is 0.279 e. The second-order valence-corrected chi connectivity index (χ2v) is 7.48. The first-order valence-corrected chi connectivity index (χ1v) is 10.0. The van der Waals surface area contributed by atoms with Crippen molar-refractivity contribution in [2.45, 2.75) is 64.2 Å². The van der Waals surface area contributed by atoms with E-state index in [0.29, 0.717) is 17.4 Å². The fraction of sp³-hybridized carbons (Fsp3) is 0.571. The molecule has 0 aliphatic heterocycles. The van der Waals surface area contributed by atoms with Crippen LogP contribution >= 0.6 is 0 Å². The van der Waals surface area contributed by atoms with E-state index in [1.807, 2.05) is 24.6 Å². The molecule has 2 aliphatic carbocycles. The van der Waals surface area contributed by atoms with Gasteiger partial charge in [0.15, 0.2) is 0 Å². The zero-order valence-corrected chi connectivity index (χ0v) is 15.5. The molecule has 26 heavy (non-hydrogen) atoms. The van der Waals surface area contributed by atoms with Crippen LogP contribution in [0, 0.1) is 11.8 Å². The van der Waals surface area contributed by atoms with Crippen molar-refractivity contribution in [1.29, 1.82) is 0 Å². The number of carbonyl (C=O) groups is 1. The summed E-state index contributed by atoms with van der Waals surface area (Å²) in [5.41, 5.74) is 7.18. The van der Waals surface area contributed by atoms with Crippen LogP contribution in [0.3, 0.4) is 0 Å². The van der Waals surface area contributed by atoms with Gasteiger partial charge in [-0.15, -0.1) is 0 Å². The van der Waals surface area contributed by atoms with Gasteiger partial charge in [-0.25, -0.2) is 5.43 Å². The number of nitrogens with one attached hydrogen (secondary N) is 2. The van der Waals surface area contributed by atoms with Gasteiger partial charge in [0.05, 0.1) is 5.69 Å². The van der Waals surface area contributed by atoms with Gasteiger partial charge >= 0.3 is 0 Å². The molecule has 1 amide bonds. The average molecular weight is 354 g/mol. The van der Waals surface area contributed by atoms with E-state index in [2.05, 4.69) is 21.1 Å². The van der Waals surface area contributed by atoms with Gasteiger partial charge < -0.3 is 0 Å². The minimum atomic E-state index is -0.172. The molecule has 2 fully saturated rings. The quantitative estimate of drug-likeness (QED) is 0.560. The number of anilines is 1. The summed E-state index contributed by atoms with van der Waals surface area (Å²) >= 11 is 0. The van der Waals surface area contributed by atoms with Crippen molar-refractivity contribution in [2.24, 2.45) is 22.0 Å². The molecule has 3 rings (SSSR count). The minimum Gasteiger partial charge on any atom is -0.279 e. The van der Waals surface area contributed by atoms with Crippen LogP contribution in [0.15, 0.2) is 34.5 Å². The summed E-state index contributed by atoms with van der Waals surface area (Å²) < 4.78 is 0. The van der Waals surface area contributed by atoms with E-state index in [1.165, 1.54) is 64.2 Å². The number of rotatable bonds is 6. The molecular formula is C21H30N4O. The smallest absolute Gasteiger partial charge is 0.271 e. The van der Waals surface area contributed by atoms with Crippen molar-refractivity contribution in [3.63, 3.8) is 0 Å². The van der Waals surface area contributed by atoms with E-state index in [1.54, 1.807) is 12.1 Å². The monoisotopic (exact) mass is 354 g/mol. The first-order chi connectivity index (χ1) is 12.8.